The van der Waals surface area contributed by atoms with Crippen LogP contribution in [0.25, 0.3) is 0 Å². The standard InChI is InChI=1S/C15H22F2N2O3S/c1-21-12-4-3-10(9-13(12)22-15(16)17)5-7-19-14(20)11(18)6-8-23-2/h3-4,9,11,15H,5-8,18H2,1-2H3,(H,19,20)/t11-/m0/s1. The van der Waals surface area contributed by atoms with Gasteiger partial charge in [-0.2, -0.15) is 20.5 Å². The van der Waals surface area contributed by atoms with Crippen molar-refractivity contribution < 1.29 is 23.0 Å². The van der Waals surface area contributed by atoms with E-state index < -0.39 is 12.7 Å². The van der Waals surface area contributed by atoms with Gasteiger partial charge in [-0.15, -0.1) is 0 Å². The Hall–Kier alpha value is -1.54. The molecule has 1 amide bonds. The molecule has 1 rings (SSSR count). The lowest BCUT2D eigenvalue weighted by Gasteiger charge is -2.13. The van der Waals surface area contributed by atoms with Crippen molar-refractivity contribution in [1.82, 2.24) is 5.32 Å². The van der Waals surface area contributed by atoms with Crippen molar-refractivity contribution in [2.75, 3.05) is 25.7 Å². The Morgan fingerprint density at radius 1 is 1.39 bits per heavy atom. The Kier molecular flexibility index (Phi) is 8.71. The molecular weight excluding hydrogens is 326 g/mol. The van der Waals surface area contributed by atoms with E-state index in [1.54, 1.807) is 23.9 Å². The largest absolute Gasteiger partial charge is 0.493 e. The third-order valence-electron chi connectivity index (χ3n) is 3.13. The summed E-state index contributed by atoms with van der Waals surface area (Å²) in [5.41, 5.74) is 6.50. The van der Waals surface area contributed by atoms with Crippen LogP contribution in [0.15, 0.2) is 18.2 Å². The van der Waals surface area contributed by atoms with Gasteiger partial charge in [0.25, 0.3) is 0 Å². The summed E-state index contributed by atoms with van der Waals surface area (Å²) in [5, 5.41) is 2.74. The van der Waals surface area contributed by atoms with Crippen molar-refractivity contribution in [2.24, 2.45) is 5.73 Å². The average Bonchev–Trinajstić information content (AvgIpc) is 2.52. The molecule has 0 fully saturated rings. The summed E-state index contributed by atoms with van der Waals surface area (Å²) < 4.78 is 34.1. The molecule has 0 radical (unpaired) electrons. The maximum absolute atomic E-state index is 12.4. The zero-order chi connectivity index (χ0) is 17.2. The number of amides is 1. The monoisotopic (exact) mass is 348 g/mol. The number of nitrogens with one attached hydrogen (secondary N) is 1. The summed E-state index contributed by atoms with van der Waals surface area (Å²) in [5.74, 6) is 0.818. The molecule has 0 saturated carbocycles. The number of rotatable bonds is 10. The van der Waals surface area contributed by atoms with Gasteiger partial charge in [-0.25, -0.2) is 0 Å². The molecule has 1 aromatic rings. The predicted molar refractivity (Wildman–Crippen MR) is 87.3 cm³/mol. The number of alkyl halides is 2. The molecule has 0 spiro atoms. The van der Waals surface area contributed by atoms with Crippen LogP contribution in [0.2, 0.25) is 0 Å². The lowest BCUT2D eigenvalue weighted by atomic mass is 10.1. The predicted octanol–water partition coefficient (Wildman–Crippen LogP) is 2.04. The van der Waals surface area contributed by atoms with E-state index in [0.717, 1.165) is 11.3 Å². The van der Waals surface area contributed by atoms with E-state index in [4.69, 9.17) is 10.5 Å². The molecule has 0 bridgehead atoms. The second-order valence-electron chi connectivity index (χ2n) is 4.79. The number of nitrogens with two attached hydrogens (primary N) is 1. The Morgan fingerprint density at radius 3 is 2.74 bits per heavy atom. The second kappa shape index (κ2) is 10.3. The van der Waals surface area contributed by atoms with Gasteiger partial charge >= 0.3 is 6.61 Å². The summed E-state index contributed by atoms with van der Waals surface area (Å²) in [6.45, 7) is -2.56. The summed E-state index contributed by atoms with van der Waals surface area (Å²) in [6.07, 6.45) is 3.04. The Bertz CT molecular complexity index is 504. The van der Waals surface area contributed by atoms with Gasteiger partial charge in [-0.05, 0) is 42.5 Å². The fraction of sp³-hybridized carbons (Fsp3) is 0.533. The minimum absolute atomic E-state index is 0.0250. The van der Waals surface area contributed by atoms with Crippen LogP contribution < -0.4 is 20.5 Å². The van der Waals surface area contributed by atoms with Crippen LogP contribution in [0.3, 0.4) is 0 Å². The number of hydrogen-bond acceptors (Lipinski definition) is 5. The molecule has 23 heavy (non-hydrogen) atoms. The maximum Gasteiger partial charge on any atom is 0.387 e. The first-order chi connectivity index (χ1) is 11.0. The van der Waals surface area contributed by atoms with E-state index in [1.807, 2.05) is 6.26 Å². The highest BCUT2D eigenvalue weighted by Crippen LogP contribution is 2.29. The first-order valence-electron chi connectivity index (χ1n) is 7.12. The molecule has 0 aliphatic rings. The molecule has 0 heterocycles. The first kappa shape index (κ1) is 19.5. The zero-order valence-electron chi connectivity index (χ0n) is 13.2. The minimum Gasteiger partial charge on any atom is -0.493 e. The number of hydrogen-bond donors (Lipinski definition) is 2. The Balaban J connectivity index is 2.53. The van der Waals surface area contributed by atoms with Crippen molar-refractivity contribution in [2.45, 2.75) is 25.5 Å². The number of benzene rings is 1. The lowest BCUT2D eigenvalue weighted by molar-refractivity contribution is -0.122. The number of carbonyl (C=O) groups excluding carboxylic acids is 1. The fourth-order valence-corrected chi connectivity index (χ4v) is 2.39. The normalized spacial score (nSPS) is 12.1. The van der Waals surface area contributed by atoms with Gasteiger partial charge in [0.2, 0.25) is 5.91 Å². The highest BCUT2D eigenvalue weighted by molar-refractivity contribution is 7.98. The SMILES string of the molecule is COc1ccc(CCNC(=O)[C@@H](N)CCSC)cc1OC(F)F. The number of halogens is 2. The van der Waals surface area contributed by atoms with E-state index in [9.17, 15) is 13.6 Å². The van der Waals surface area contributed by atoms with Crippen LogP contribution in [-0.4, -0.2) is 44.2 Å². The number of carbonyl (C=O) groups is 1. The molecule has 0 aliphatic heterocycles. The van der Waals surface area contributed by atoms with Crippen molar-refractivity contribution in [3.05, 3.63) is 23.8 Å². The van der Waals surface area contributed by atoms with Gasteiger partial charge in [0.1, 0.15) is 0 Å². The molecule has 0 saturated heterocycles. The molecule has 3 N–H and O–H groups in total. The van der Waals surface area contributed by atoms with Crippen LogP contribution in [0, 0.1) is 0 Å². The molecule has 130 valence electrons. The molecule has 1 aromatic carbocycles. The maximum atomic E-state index is 12.4. The van der Waals surface area contributed by atoms with E-state index in [2.05, 4.69) is 10.1 Å². The molecule has 0 unspecified atom stereocenters. The van der Waals surface area contributed by atoms with Gasteiger partial charge in [-0.1, -0.05) is 6.07 Å². The third-order valence-corrected chi connectivity index (χ3v) is 3.77. The Morgan fingerprint density at radius 2 is 2.13 bits per heavy atom. The van der Waals surface area contributed by atoms with Crippen molar-refractivity contribution in [3.8, 4) is 11.5 Å². The minimum atomic E-state index is -2.92. The van der Waals surface area contributed by atoms with E-state index >= 15 is 0 Å². The zero-order valence-corrected chi connectivity index (χ0v) is 14.0. The van der Waals surface area contributed by atoms with Gasteiger partial charge < -0.3 is 20.5 Å². The molecule has 8 heteroatoms. The summed E-state index contributed by atoms with van der Waals surface area (Å²) >= 11 is 1.63. The summed E-state index contributed by atoms with van der Waals surface area (Å²) in [6, 6.07) is 4.23. The van der Waals surface area contributed by atoms with Gasteiger partial charge in [0.15, 0.2) is 11.5 Å². The van der Waals surface area contributed by atoms with Gasteiger partial charge in [0.05, 0.1) is 13.2 Å². The van der Waals surface area contributed by atoms with Crippen molar-refractivity contribution >= 4 is 17.7 Å². The van der Waals surface area contributed by atoms with E-state index in [0.29, 0.717) is 19.4 Å². The van der Waals surface area contributed by atoms with Crippen molar-refractivity contribution in [3.63, 3.8) is 0 Å². The lowest BCUT2D eigenvalue weighted by Crippen LogP contribution is -2.41. The number of ether oxygens (including phenoxy) is 2. The molecule has 0 aliphatic carbocycles. The quantitative estimate of drug-likeness (QED) is 0.677. The van der Waals surface area contributed by atoms with Crippen LogP contribution >= 0.6 is 11.8 Å². The smallest absolute Gasteiger partial charge is 0.387 e. The number of methoxy groups -OCH3 is 1. The molecular formula is C15H22F2N2O3S. The summed E-state index contributed by atoms with van der Waals surface area (Å²) in [7, 11) is 1.38. The molecule has 0 aromatic heterocycles. The highest BCUT2D eigenvalue weighted by atomic mass is 32.2. The molecule has 5 nitrogen and oxygen atoms in total. The second-order valence-corrected chi connectivity index (χ2v) is 5.78. The molecule has 1 atom stereocenters. The van der Waals surface area contributed by atoms with E-state index in [-0.39, 0.29) is 17.4 Å². The van der Waals surface area contributed by atoms with Gasteiger partial charge in [0, 0.05) is 6.54 Å². The summed E-state index contributed by atoms with van der Waals surface area (Å²) in [4.78, 5) is 11.8. The van der Waals surface area contributed by atoms with Gasteiger partial charge in [-0.3, -0.25) is 4.79 Å². The third kappa shape index (κ3) is 7.04. The van der Waals surface area contributed by atoms with Crippen molar-refractivity contribution in [1.29, 1.82) is 0 Å². The first-order valence-corrected chi connectivity index (χ1v) is 8.51. The average molecular weight is 348 g/mol. The number of thioether (sulfide) groups is 1. The van der Waals surface area contributed by atoms with Crippen LogP contribution in [0.1, 0.15) is 12.0 Å². The Labute approximate surface area is 138 Å². The van der Waals surface area contributed by atoms with Crippen LogP contribution in [-0.2, 0) is 11.2 Å². The van der Waals surface area contributed by atoms with Crippen LogP contribution in [0.4, 0.5) is 8.78 Å². The topological polar surface area (TPSA) is 73.6 Å². The fourth-order valence-electron chi connectivity index (χ4n) is 1.90. The van der Waals surface area contributed by atoms with Crippen LogP contribution in [0.5, 0.6) is 11.5 Å². The van der Waals surface area contributed by atoms with E-state index in [1.165, 1.54) is 13.2 Å². The highest BCUT2D eigenvalue weighted by Gasteiger charge is 2.13.